The molecule has 2 aliphatic rings. The highest BCUT2D eigenvalue weighted by Gasteiger charge is 2.51. The average Bonchev–Trinajstić information content (AvgIpc) is 3.71. The molecule has 1 saturated carbocycles. The highest BCUT2D eigenvalue weighted by molar-refractivity contribution is 5.99. The lowest BCUT2D eigenvalue weighted by Gasteiger charge is -2.29. The van der Waals surface area contributed by atoms with Crippen molar-refractivity contribution in [2.24, 2.45) is 10.9 Å². The van der Waals surface area contributed by atoms with Crippen LogP contribution in [0.5, 0.6) is 11.5 Å². The number of alkyl halides is 3. The fourth-order valence-corrected chi connectivity index (χ4v) is 5.03. The number of nitrogens with one attached hydrogen (secondary N) is 1. The normalized spacial score (nSPS) is 18.1. The minimum Gasteiger partial charge on any atom is -0.495 e. The van der Waals surface area contributed by atoms with Crippen molar-refractivity contribution in [1.29, 1.82) is 0 Å². The van der Waals surface area contributed by atoms with Crippen LogP contribution in [0.15, 0.2) is 47.5 Å². The number of aromatic nitrogens is 1. The van der Waals surface area contributed by atoms with Crippen LogP contribution in [0.2, 0.25) is 0 Å². The van der Waals surface area contributed by atoms with E-state index in [9.17, 15) is 27.5 Å². The number of carbonyl (C=O) groups excluding carboxylic acids is 1. The average molecular weight is 573 g/mol. The molecule has 4 N–H and O–H groups in total. The zero-order chi connectivity index (χ0) is 29.5. The number of amides is 1. The van der Waals surface area contributed by atoms with Crippen molar-refractivity contribution in [3.63, 3.8) is 0 Å². The summed E-state index contributed by atoms with van der Waals surface area (Å²) >= 11 is 0. The molecule has 1 aromatic heterocycles. The van der Waals surface area contributed by atoms with E-state index in [1.165, 1.54) is 43.7 Å². The number of anilines is 1. The van der Waals surface area contributed by atoms with Crippen LogP contribution in [0.3, 0.4) is 0 Å². The predicted molar refractivity (Wildman–Crippen MR) is 144 cm³/mol. The third kappa shape index (κ3) is 5.43. The van der Waals surface area contributed by atoms with Gasteiger partial charge in [0.25, 0.3) is 5.91 Å². The first-order valence-corrected chi connectivity index (χ1v) is 12.9. The molecule has 1 aliphatic heterocycles. The minimum absolute atomic E-state index is 0.0354. The first-order valence-electron chi connectivity index (χ1n) is 12.9. The van der Waals surface area contributed by atoms with Gasteiger partial charge in [0, 0.05) is 35.5 Å². The van der Waals surface area contributed by atoms with Crippen molar-refractivity contribution in [2.45, 2.75) is 30.5 Å². The fourth-order valence-electron chi connectivity index (χ4n) is 5.03. The van der Waals surface area contributed by atoms with Crippen LogP contribution in [0.1, 0.15) is 45.9 Å². The van der Waals surface area contributed by atoms with E-state index < -0.39 is 36.0 Å². The zero-order valence-electron chi connectivity index (χ0n) is 22.3. The Labute approximate surface area is 233 Å². The number of rotatable bonds is 8. The molecule has 2 atom stereocenters. The molecule has 5 rings (SSSR count). The van der Waals surface area contributed by atoms with Gasteiger partial charge in [0.2, 0.25) is 0 Å². The fraction of sp³-hybridized carbons (Fsp3) is 0.345. The predicted octanol–water partition coefficient (Wildman–Crippen LogP) is 4.59. The Hall–Kier alpha value is -4.19. The van der Waals surface area contributed by atoms with Crippen LogP contribution in [-0.2, 0) is 5.60 Å². The van der Waals surface area contributed by atoms with E-state index in [1.54, 1.807) is 7.05 Å². The summed E-state index contributed by atoms with van der Waals surface area (Å²) < 4.78 is 66.2. The molecule has 1 aliphatic carbocycles. The van der Waals surface area contributed by atoms with E-state index in [4.69, 9.17) is 15.2 Å². The maximum atomic E-state index is 13.9. The molecular weight excluding hydrogens is 544 g/mol. The van der Waals surface area contributed by atoms with E-state index in [1.807, 2.05) is 0 Å². The lowest BCUT2D eigenvalue weighted by molar-refractivity contribution is -0.151. The zero-order valence-corrected chi connectivity index (χ0v) is 22.3. The molecule has 41 heavy (non-hydrogen) atoms. The molecule has 0 spiro atoms. The Bertz CT molecular complexity index is 1510. The van der Waals surface area contributed by atoms with Crippen molar-refractivity contribution in [2.75, 3.05) is 33.0 Å². The number of aliphatic hydroxyl groups is 1. The third-order valence-electron chi connectivity index (χ3n) is 7.42. The second kappa shape index (κ2) is 10.7. The second-order valence-corrected chi connectivity index (χ2v) is 10.1. The van der Waals surface area contributed by atoms with Crippen LogP contribution in [-0.4, -0.2) is 55.7 Å². The van der Waals surface area contributed by atoms with Gasteiger partial charge in [0.05, 0.1) is 25.0 Å². The summed E-state index contributed by atoms with van der Waals surface area (Å²) in [5.74, 6) is -3.19. The second-order valence-electron chi connectivity index (χ2n) is 10.1. The maximum absolute atomic E-state index is 13.9. The minimum atomic E-state index is -4.61. The lowest BCUT2D eigenvalue weighted by Crippen LogP contribution is -2.43. The summed E-state index contributed by atoms with van der Waals surface area (Å²) in [6.45, 7) is -0.967. The summed E-state index contributed by atoms with van der Waals surface area (Å²) in [6, 6.07) is 9.27. The van der Waals surface area contributed by atoms with Crippen molar-refractivity contribution in [3.8, 4) is 22.8 Å². The Morgan fingerprint density at radius 3 is 2.56 bits per heavy atom. The van der Waals surface area contributed by atoms with Crippen molar-refractivity contribution in [1.82, 2.24) is 10.3 Å². The molecule has 2 heterocycles. The number of aliphatic imine (C=N–C) groups is 1. The molecule has 0 unspecified atom stereocenters. The number of hydrogen-bond donors (Lipinski definition) is 3. The van der Waals surface area contributed by atoms with E-state index in [0.29, 0.717) is 29.7 Å². The van der Waals surface area contributed by atoms with Gasteiger partial charge >= 0.3 is 6.18 Å². The molecule has 0 radical (unpaired) electrons. The lowest BCUT2D eigenvalue weighted by atomic mass is 9.88. The van der Waals surface area contributed by atoms with Crippen molar-refractivity contribution < 1.29 is 36.9 Å². The highest BCUT2D eigenvalue weighted by Crippen LogP contribution is 2.51. The molecular formula is C29H28F4N4O4. The summed E-state index contributed by atoms with van der Waals surface area (Å²) in [5, 5.41) is 14.6. The Morgan fingerprint density at radius 2 is 1.95 bits per heavy atom. The first kappa shape index (κ1) is 28.3. The number of ether oxygens (including phenoxy) is 2. The van der Waals surface area contributed by atoms with Crippen LogP contribution >= 0.6 is 0 Å². The number of nitrogen functional groups attached to an aromatic ring is 1. The smallest absolute Gasteiger partial charge is 0.399 e. The quantitative estimate of drug-likeness (QED) is 0.206. The van der Waals surface area contributed by atoms with Crippen LogP contribution in [0.4, 0.5) is 23.2 Å². The molecule has 1 fully saturated rings. The number of carbonyl (C=O) groups is 1. The van der Waals surface area contributed by atoms with Gasteiger partial charge in [-0.3, -0.25) is 9.79 Å². The topological polar surface area (TPSA) is 119 Å². The monoisotopic (exact) mass is 572 g/mol. The maximum Gasteiger partial charge on any atom is 0.399 e. The Morgan fingerprint density at radius 1 is 1.24 bits per heavy atom. The number of methoxy groups -OCH3 is 1. The highest BCUT2D eigenvalue weighted by atomic mass is 19.4. The molecule has 1 amide bonds. The van der Waals surface area contributed by atoms with Crippen molar-refractivity contribution >= 4 is 17.8 Å². The van der Waals surface area contributed by atoms with Gasteiger partial charge < -0.3 is 25.6 Å². The Kier molecular flexibility index (Phi) is 7.37. The number of pyridine rings is 1. The number of halogens is 4. The largest absolute Gasteiger partial charge is 0.495 e. The van der Waals surface area contributed by atoms with Gasteiger partial charge in [-0.15, -0.1) is 0 Å². The van der Waals surface area contributed by atoms with Gasteiger partial charge in [-0.05, 0) is 61.2 Å². The molecule has 0 bridgehead atoms. The first-order chi connectivity index (χ1) is 19.5. The molecule has 216 valence electrons. The van der Waals surface area contributed by atoms with Gasteiger partial charge in [-0.2, -0.15) is 13.2 Å². The van der Waals surface area contributed by atoms with E-state index in [0.717, 1.165) is 12.1 Å². The number of benzene rings is 2. The van der Waals surface area contributed by atoms with Crippen molar-refractivity contribution in [3.05, 3.63) is 70.7 Å². The molecule has 12 heteroatoms. The van der Waals surface area contributed by atoms with E-state index >= 15 is 0 Å². The molecule has 3 aromatic rings. The Balaban J connectivity index is 1.53. The number of hydrogen-bond acceptors (Lipinski definition) is 7. The summed E-state index contributed by atoms with van der Waals surface area (Å²) in [5.41, 5.74) is 5.39. The molecule has 0 saturated heterocycles. The van der Waals surface area contributed by atoms with E-state index in [-0.39, 0.29) is 46.5 Å². The summed E-state index contributed by atoms with van der Waals surface area (Å²) in [4.78, 5) is 21.7. The van der Waals surface area contributed by atoms with Crippen LogP contribution in [0, 0.1) is 11.7 Å². The number of nitrogens with zero attached hydrogens (tertiary/aromatic N) is 2. The van der Waals surface area contributed by atoms with Crippen LogP contribution in [0.25, 0.3) is 11.3 Å². The standard InChI is InChI=1S/C29H28F4N4O4/c1-35-12-17-9-16(10-22(40-2)24(17)34)27(38)36-14-28(39,18-5-6-18)23-11-20-21(29(31,32)33)13-41-26(20)25(37-23)15-3-7-19(30)8-4-15/h3-4,7-12,18,21,39H,5-6,13-14,34H2,1-2H3,(H,36,38)/t21-,28-/m1/s1. The molecule has 8 nitrogen and oxygen atoms in total. The van der Waals surface area contributed by atoms with Gasteiger partial charge in [0.1, 0.15) is 41.1 Å². The van der Waals surface area contributed by atoms with Gasteiger partial charge in [0.15, 0.2) is 0 Å². The summed E-state index contributed by atoms with van der Waals surface area (Å²) in [6.07, 6.45) is -1.96. The number of nitrogens with two attached hydrogens (primary N) is 1. The summed E-state index contributed by atoms with van der Waals surface area (Å²) in [7, 11) is 2.95. The molecule has 2 aromatic carbocycles. The van der Waals surface area contributed by atoms with E-state index in [2.05, 4.69) is 15.3 Å². The SMILES string of the molecule is CN=Cc1cc(C(=O)NC[C@](O)(c2cc3c(c(-c4ccc(F)cc4)n2)OC[C@H]3C(F)(F)F)C2CC2)cc(OC)c1N. The van der Waals surface area contributed by atoms with Crippen LogP contribution < -0.4 is 20.5 Å². The number of fused-ring (bicyclic) bond motifs is 1. The third-order valence-corrected chi connectivity index (χ3v) is 7.42. The van der Waals surface area contributed by atoms with Gasteiger partial charge in [-0.1, -0.05) is 0 Å². The van der Waals surface area contributed by atoms with Gasteiger partial charge in [-0.25, -0.2) is 9.37 Å².